The highest BCUT2D eigenvalue weighted by Gasteiger charge is 2.14. The molecule has 1 aromatic carbocycles. The number of rotatable bonds is 4. The largest absolute Gasteiger partial charge is 0.385 e. The minimum Gasteiger partial charge on any atom is -0.385 e. The van der Waals surface area contributed by atoms with Gasteiger partial charge in [0.15, 0.2) is 0 Å². The predicted octanol–water partition coefficient (Wildman–Crippen LogP) is 2.39. The van der Waals surface area contributed by atoms with E-state index in [2.05, 4.69) is 4.98 Å². The minimum atomic E-state index is -0.613. The molecular formula is C12H15ClN2O2. The Bertz CT molecular complexity index is 522. The smallest absolute Gasteiger partial charge is 0.138 e. The van der Waals surface area contributed by atoms with Gasteiger partial charge in [-0.05, 0) is 25.1 Å². The molecule has 4 nitrogen and oxygen atoms in total. The summed E-state index contributed by atoms with van der Waals surface area (Å²) in [6.07, 6.45) is -0.613. The summed E-state index contributed by atoms with van der Waals surface area (Å²) < 4.78 is 7.02. The number of nitrogens with zero attached hydrogens (tertiary/aromatic N) is 2. The predicted molar refractivity (Wildman–Crippen MR) is 67.3 cm³/mol. The van der Waals surface area contributed by atoms with E-state index in [4.69, 9.17) is 16.3 Å². The van der Waals surface area contributed by atoms with Gasteiger partial charge in [-0.15, -0.1) is 0 Å². The second-order valence-electron chi connectivity index (χ2n) is 3.92. The van der Waals surface area contributed by atoms with Crippen LogP contribution in [0.2, 0.25) is 5.02 Å². The third kappa shape index (κ3) is 2.44. The SMILES string of the molecule is COCCn1c(C(C)O)nc2cc(Cl)ccc21. The van der Waals surface area contributed by atoms with Crippen LogP contribution in [0.15, 0.2) is 18.2 Å². The fourth-order valence-electron chi connectivity index (χ4n) is 1.86. The molecule has 0 radical (unpaired) electrons. The summed E-state index contributed by atoms with van der Waals surface area (Å²) in [6, 6.07) is 5.53. The van der Waals surface area contributed by atoms with Crippen molar-refractivity contribution in [3.05, 3.63) is 29.0 Å². The number of halogens is 1. The third-order valence-corrected chi connectivity index (χ3v) is 2.87. The number of hydrogen-bond donors (Lipinski definition) is 1. The van der Waals surface area contributed by atoms with Crippen molar-refractivity contribution in [2.75, 3.05) is 13.7 Å². The van der Waals surface area contributed by atoms with Gasteiger partial charge in [-0.25, -0.2) is 4.98 Å². The number of imidazole rings is 1. The number of aliphatic hydroxyl groups is 1. The standard InChI is InChI=1S/C12H15ClN2O2/c1-8(16)12-14-10-7-9(13)3-4-11(10)15(12)5-6-17-2/h3-4,7-8,16H,5-6H2,1-2H3. The van der Waals surface area contributed by atoms with Crippen molar-refractivity contribution in [2.24, 2.45) is 0 Å². The van der Waals surface area contributed by atoms with E-state index in [-0.39, 0.29) is 0 Å². The quantitative estimate of drug-likeness (QED) is 0.911. The zero-order valence-corrected chi connectivity index (χ0v) is 10.6. The lowest BCUT2D eigenvalue weighted by atomic mass is 10.3. The summed E-state index contributed by atoms with van der Waals surface area (Å²) in [6.45, 7) is 2.94. The van der Waals surface area contributed by atoms with Crippen molar-refractivity contribution < 1.29 is 9.84 Å². The second-order valence-corrected chi connectivity index (χ2v) is 4.36. The number of ether oxygens (including phenoxy) is 1. The van der Waals surface area contributed by atoms with Gasteiger partial charge in [0.05, 0.1) is 17.6 Å². The van der Waals surface area contributed by atoms with E-state index < -0.39 is 6.10 Å². The minimum absolute atomic E-state index is 0.577. The van der Waals surface area contributed by atoms with Crippen LogP contribution in [-0.2, 0) is 11.3 Å². The number of fused-ring (bicyclic) bond motifs is 1. The van der Waals surface area contributed by atoms with Crippen molar-refractivity contribution >= 4 is 22.6 Å². The molecule has 0 aliphatic carbocycles. The van der Waals surface area contributed by atoms with E-state index in [0.29, 0.717) is 24.0 Å². The molecule has 0 fully saturated rings. The highest BCUT2D eigenvalue weighted by atomic mass is 35.5. The average Bonchev–Trinajstić information content (AvgIpc) is 2.64. The Hall–Kier alpha value is -1.10. The third-order valence-electron chi connectivity index (χ3n) is 2.63. The van der Waals surface area contributed by atoms with E-state index in [1.807, 2.05) is 16.7 Å². The van der Waals surface area contributed by atoms with Crippen LogP contribution in [0.25, 0.3) is 11.0 Å². The van der Waals surface area contributed by atoms with Gasteiger partial charge in [-0.1, -0.05) is 11.6 Å². The lowest BCUT2D eigenvalue weighted by Crippen LogP contribution is -2.10. The van der Waals surface area contributed by atoms with Crippen molar-refractivity contribution in [3.63, 3.8) is 0 Å². The molecule has 0 aliphatic heterocycles. The molecule has 1 unspecified atom stereocenters. The first-order valence-electron chi connectivity index (χ1n) is 5.46. The Morgan fingerprint density at radius 1 is 1.53 bits per heavy atom. The molecule has 5 heteroatoms. The molecule has 2 aromatic rings. The highest BCUT2D eigenvalue weighted by molar-refractivity contribution is 6.31. The maximum absolute atomic E-state index is 9.72. The van der Waals surface area contributed by atoms with E-state index in [1.165, 1.54) is 0 Å². The van der Waals surface area contributed by atoms with Gasteiger partial charge in [0.1, 0.15) is 11.9 Å². The Balaban J connectivity index is 2.54. The first-order valence-corrected chi connectivity index (χ1v) is 5.84. The van der Waals surface area contributed by atoms with E-state index in [0.717, 1.165) is 11.0 Å². The van der Waals surface area contributed by atoms with Gasteiger partial charge in [0.25, 0.3) is 0 Å². The molecule has 1 N–H and O–H groups in total. The molecule has 0 saturated carbocycles. The first kappa shape index (κ1) is 12.4. The maximum atomic E-state index is 9.72. The number of aliphatic hydroxyl groups excluding tert-OH is 1. The van der Waals surface area contributed by atoms with Gasteiger partial charge < -0.3 is 14.4 Å². The van der Waals surface area contributed by atoms with Crippen molar-refractivity contribution in [1.29, 1.82) is 0 Å². The van der Waals surface area contributed by atoms with Crippen molar-refractivity contribution in [3.8, 4) is 0 Å². The number of aromatic nitrogens is 2. The molecule has 0 amide bonds. The van der Waals surface area contributed by atoms with E-state index in [1.54, 1.807) is 20.1 Å². The highest BCUT2D eigenvalue weighted by Crippen LogP contribution is 2.23. The van der Waals surface area contributed by atoms with Gasteiger partial charge in [0, 0.05) is 18.7 Å². The molecule has 1 aromatic heterocycles. The lowest BCUT2D eigenvalue weighted by molar-refractivity contribution is 0.167. The molecule has 2 rings (SSSR count). The summed E-state index contributed by atoms with van der Waals surface area (Å²) in [7, 11) is 1.65. The molecule has 0 saturated heterocycles. The van der Waals surface area contributed by atoms with Crippen LogP contribution < -0.4 is 0 Å². The summed E-state index contributed by atoms with van der Waals surface area (Å²) >= 11 is 5.93. The molecule has 0 bridgehead atoms. The van der Waals surface area contributed by atoms with Gasteiger partial charge in [-0.2, -0.15) is 0 Å². The van der Waals surface area contributed by atoms with Crippen LogP contribution >= 0.6 is 11.6 Å². The molecular weight excluding hydrogens is 240 g/mol. The Morgan fingerprint density at radius 2 is 2.29 bits per heavy atom. The van der Waals surface area contributed by atoms with Crippen molar-refractivity contribution in [1.82, 2.24) is 9.55 Å². The van der Waals surface area contributed by atoms with Crippen LogP contribution in [-0.4, -0.2) is 28.4 Å². The van der Waals surface area contributed by atoms with Crippen LogP contribution in [0, 0.1) is 0 Å². The molecule has 17 heavy (non-hydrogen) atoms. The molecule has 1 atom stereocenters. The fraction of sp³-hybridized carbons (Fsp3) is 0.417. The lowest BCUT2D eigenvalue weighted by Gasteiger charge is -2.10. The molecule has 92 valence electrons. The van der Waals surface area contributed by atoms with Gasteiger partial charge >= 0.3 is 0 Å². The van der Waals surface area contributed by atoms with E-state index in [9.17, 15) is 5.11 Å². The van der Waals surface area contributed by atoms with Crippen LogP contribution in [0.4, 0.5) is 0 Å². The monoisotopic (exact) mass is 254 g/mol. The van der Waals surface area contributed by atoms with Crippen LogP contribution in [0.3, 0.4) is 0 Å². The second kappa shape index (κ2) is 5.04. The summed E-state index contributed by atoms with van der Waals surface area (Å²) in [5.74, 6) is 0.638. The Morgan fingerprint density at radius 3 is 2.94 bits per heavy atom. The Kier molecular flexibility index (Phi) is 3.66. The van der Waals surface area contributed by atoms with Crippen LogP contribution in [0.1, 0.15) is 18.9 Å². The summed E-state index contributed by atoms with van der Waals surface area (Å²) in [5.41, 5.74) is 1.76. The van der Waals surface area contributed by atoms with Crippen molar-refractivity contribution in [2.45, 2.75) is 19.6 Å². The van der Waals surface area contributed by atoms with E-state index >= 15 is 0 Å². The maximum Gasteiger partial charge on any atom is 0.138 e. The number of benzene rings is 1. The topological polar surface area (TPSA) is 47.3 Å². The summed E-state index contributed by atoms with van der Waals surface area (Å²) in [5, 5.41) is 10.4. The Labute approximate surface area is 105 Å². The van der Waals surface area contributed by atoms with Crippen LogP contribution in [0.5, 0.6) is 0 Å². The van der Waals surface area contributed by atoms with Gasteiger partial charge in [-0.3, -0.25) is 0 Å². The molecule has 0 spiro atoms. The summed E-state index contributed by atoms with van der Waals surface area (Å²) in [4.78, 5) is 4.40. The zero-order valence-electron chi connectivity index (χ0n) is 9.85. The molecule has 0 aliphatic rings. The number of hydrogen-bond acceptors (Lipinski definition) is 3. The normalized spacial score (nSPS) is 13.2. The fourth-order valence-corrected chi connectivity index (χ4v) is 2.02. The zero-order chi connectivity index (χ0) is 12.4. The van der Waals surface area contributed by atoms with Gasteiger partial charge in [0.2, 0.25) is 0 Å². The average molecular weight is 255 g/mol. The molecule has 1 heterocycles. The number of methoxy groups -OCH3 is 1. The first-order chi connectivity index (χ1) is 8.13.